The number of fused-ring (bicyclic) bond motifs is 2. The fourth-order valence-corrected chi connectivity index (χ4v) is 4.59. The summed E-state index contributed by atoms with van der Waals surface area (Å²) in [4.78, 5) is 39.7. The summed E-state index contributed by atoms with van der Waals surface area (Å²) >= 11 is 12.6. The first kappa shape index (κ1) is 25.9. The van der Waals surface area contributed by atoms with Gasteiger partial charge in [-0.15, -0.1) is 10.2 Å². The van der Waals surface area contributed by atoms with Crippen molar-refractivity contribution in [2.75, 3.05) is 12.0 Å². The minimum atomic E-state index is -0.793. The zero-order valence-corrected chi connectivity index (χ0v) is 21.1. The molecule has 0 atom stereocenters. The standard InChI is InChI=1S/C25H19Cl2N5O5/c1-3-4-8-29-32-24(36)13(10-28)11(2)20(25(32)37)30-31-21-15(27)9-14(26)18-19(21)23(35)17-12(22(18)34)6-5-7-16(17)33/h5-7,9,29,33,36H,3-4,8H2,1-2H3. The highest BCUT2D eigenvalue weighted by atomic mass is 35.5. The van der Waals surface area contributed by atoms with E-state index in [4.69, 9.17) is 23.2 Å². The van der Waals surface area contributed by atoms with Crippen LogP contribution in [0.4, 0.5) is 11.4 Å². The molecule has 1 aromatic heterocycles. The van der Waals surface area contributed by atoms with E-state index in [2.05, 4.69) is 15.7 Å². The van der Waals surface area contributed by atoms with Crippen molar-refractivity contribution in [2.24, 2.45) is 10.2 Å². The van der Waals surface area contributed by atoms with Crippen LogP contribution in [-0.4, -0.2) is 33.0 Å². The molecule has 12 heteroatoms. The van der Waals surface area contributed by atoms with Crippen LogP contribution in [0.1, 0.15) is 62.7 Å². The van der Waals surface area contributed by atoms with Gasteiger partial charge in [-0.2, -0.15) is 9.94 Å². The van der Waals surface area contributed by atoms with E-state index in [0.717, 1.165) is 11.1 Å². The maximum Gasteiger partial charge on any atom is 0.300 e. The summed E-state index contributed by atoms with van der Waals surface area (Å²) in [7, 11) is 0. The Morgan fingerprint density at radius 3 is 2.41 bits per heavy atom. The summed E-state index contributed by atoms with van der Waals surface area (Å²) in [5.41, 5.74) is 0.559. The van der Waals surface area contributed by atoms with Gasteiger partial charge in [0.15, 0.2) is 11.5 Å². The Morgan fingerprint density at radius 1 is 1.03 bits per heavy atom. The SMILES string of the molecule is CCCCNn1c(O)c(C#N)c(C)c(N=Nc2c(Cl)cc(Cl)c3c2C(=O)c2c(O)cccc2C3=O)c1=O. The number of unbranched alkanes of at least 4 members (excludes halogenated alkanes) is 1. The monoisotopic (exact) mass is 539 g/mol. The number of aromatic nitrogens is 1. The van der Waals surface area contributed by atoms with Gasteiger partial charge in [-0.3, -0.25) is 14.4 Å². The Labute approximate surface area is 220 Å². The molecule has 0 fully saturated rings. The van der Waals surface area contributed by atoms with E-state index in [1.54, 1.807) is 0 Å². The number of pyridine rings is 1. The maximum atomic E-state index is 13.4. The molecule has 3 N–H and O–H groups in total. The first-order valence-electron chi connectivity index (χ1n) is 11.1. The lowest BCUT2D eigenvalue weighted by atomic mass is 9.82. The Hall–Kier alpha value is -4.20. The van der Waals surface area contributed by atoms with Crippen molar-refractivity contribution in [3.8, 4) is 17.7 Å². The van der Waals surface area contributed by atoms with Crippen LogP contribution in [0, 0.1) is 18.3 Å². The first-order chi connectivity index (χ1) is 17.6. The van der Waals surface area contributed by atoms with Crippen molar-refractivity contribution in [2.45, 2.75) is 26.7 Å². The van der Waals surface area contributed by atoms with E-state index in [1.807, 2.05) is 13.0 Å². The van der Waals surface area contributed by atoms with Crippen molar-refractivity contribution in [3.63, 3.8) is 0 Å². The second-order valence-corrected chi connectivity index (χ2v) is 9.00. The molecule has 1 aliphatic carbocycles. The molecule has 2 aromatic carbocycles. The van der Waals surface area contributed by atoms with Crippen LogP contribution in [0.25, 0.3) is 0 Å². The Morgan fingerprint density at radius 2 is 1.73 bits per heavy atom. The third kappa shape index (κ3) is 4.22. The lowest BCUT2D eigenvalue weighted by molar-refractivity contribution is 0.0977. The number of nitrogens with zero attached hydrogens (tertiary/aromatic N) is 4. The fourth-order valence-electron chi connectivity index (χ4n) is 4.00. The Kier molecular flexibility index (Phi) is 7.03. The van der Waals surface area contributed by atoms with E-state index in [0.29, 0.717) is 13.0 Å². The summed E-state index contributed by atoms with van der Waals surface area (Å²) in [5, 5.41) is 38.1. The van der Waals surface area contributed by atoms with Gasteiger partial charge in [0.2, 0.25) is 11.7 Å². The molecule has 188 valence electrons. The average molecular weight is 540 g/mol. The highest BCUT2D eigenvalue weighted by Crippen LogP contribution is 2.44. The number of nitriles is 1. The number of phenols is 1. The van der Waals surface area contributed by atoms with Crippen LogP contribution >= 0.6 is 23.2 Å². The number of aromatic hydroxyl groups is 2. The highest BCUT2D eigenvalue weighted by Gasteiger charge is 2.37. The van der Waals surface area contributed by atoms with Crippen LogP contribution < -0.4 is 11.0 Å². The molecule has 0 aliphatic heterocycles. The molecule has 0 spiro atoms. The van der Waals surface area contributed by atoms with Crippen LogP contribution in [-0.2, 0) is 0 Å². The molecule has 0 amide bonds. The molecule has 3 aromatic rings. The van der Waals surface area contributed by atoms with Gasteiger partial charge in [0.25, 0.3) is 5.56 Å². The third-order valence-corrected chi connectivity index (χ3v) is 6.49. The summed E-state index contributed by atoms with van der Waals surface area (Å²) in [6.45, 7) is 3.69. The van der Waals surface area contributed by atoms with Gasteiger partial charge in [-0.1, -0.05) is 48.7 Å². The molecule has 4 rings (SSSR count). The summed E-state index contributed by atoms with van der Waals surface area (Å²) in [5.74, 6) is -2.35. The molecular weight excluding hydrogens is 521 g/mol. The molecule has 0 radical (unpaired) electrons. The van der Waals surface area contributed by atoms with Crippen LogP contribution in [0.2, 0.25) is 10.0 Å². The summed E-state index contributed by atoms with van der Waals surface area (Å²) < 4.78 is 0.803. The second kappa shape index (κ2) is 10.0. The van der Waals surface area contributed by atoms with E-state index in [1.165, 1.54) is 31.2 Å². The van der Waals surface area contributed by atoms with Gasteiger partial charge in [0.05, 0.1) is 26.7 Å². The van der Waals surface area contributed by atoms with Crippen LogP contribution in [0.5, 0.6) is 11.6 Å². The lowest BCUT2D eigenvalue weighted by Crippen LogP contribution is -2.30. The second-order valence-electron chi connectivity index (χ2n) is 8.18. The van der Waals surface area contributed by atoms with Crippen molar-refractivity contribution in [1.82, 2.24) is 4.68 Å². The van der Waals surface area contributed by atoms with Gasteiger partial charge >= 0.3 is 0 Å². The fraction of sp³-hybridized carbons (Fsp3) is 0.200. The van der Waals surface area contributed by atoms with Gasteiger partial charge in [-0.05, 0) is 25.5 Å². The predicted octanol–water partition coefficient (Wildman–Crippen LogP) is 5.28. The molecule has 0 saturated carbocycles. The van der Waals surface area contributed by atoms with E-state index in [-0.39, 0.29) is 54.8 Å². The molecule has 10 nitrogen and oxygen atoms in total. The summed E-state index contributed by atoms with van der Waals surface area (Å²) in [6, 6.07) is 7.14. The molecule has 37 heavy (non-hydrogen) atoms. The topological polar surface area (TPSA) is 157 Å². The van der Waals surface area contributed by atoms with E-state index >= 15 is 0 Å². The molecule has 0 unspecified atom stereocenters. The normalized spacial score (nSPS) is 12.4. The van der Waals surface area contributed by atoms with Crippen LogP contribution in [0.15, 0.2) is 39.3 Å². The van der Waals surface area contributed by atoms with Crippen molar-refractivity contribution in [3.05, 3.63) is 78.0 Å². The number of hydrogen-bond acceptors (Lipinski definition) is 9. The first-order valence-corrected chi connectivity index (χ1v) is 11.9. The minimum absolute atomic E-state index is 0.0290. The smallest absolute Gasteiger partial charge is 0.300 e. The number of benzene rings is 2. The van der Waals surface area contributed by atoms with Crippen molar-refractivity contribution >= 4 is 46.1 Å². The Balaban J connectivity index is 1.93. The number of rotatable bonds is 6. The zero-order valence-electron chi connectivity index (χ0n) is 19.6. The van der Waals surface area contributed by atoms with Crippen molar-refractivity contribution < 1.29 is 19.8 Å². The highest BCUT2D eigenvalue weighted by molar-refractivity contribution is 6.43. The number of halogens is 2. The van der Waals surface area contributed by atoms with Gasteiger partial charge in [0.1, 0.15) is 23.1 Å². The molecule has 0 saturated heterocycles. The van der Waals surface area contributed by atoms with E-state index in [9.17, 15) is 29.9 Å². The van der Waals surface area contributed by atoms with Gasteiger partial charge in [0, 0.05) is 17.7 Å². The number of carbonyl (C=O) groups is 2. The Bertz CT molecular complexity index is 1620. The molecule has 1 aliphatic rings. The molecule has 1 heterocycles. The predicted molar refractivity (Wildman–Crippen MR) is 137 cm³/mol. The number of azo groups is 1. The number of ketones is 2. The number of nitrogens with one attached hydrogen (secondary N) is 1. The van der Waals surface area contributed by atoms with Crippen molar-refractivity contribution in [1.29, 1.82) is 5.26 Å². The molecular formula is C25H19Cl2N5O5. The number of phenolic OH excluding ortho intramolecular Hbond substituents is 1. The minimum Gasteiger partial charge on any atom is -0.507 e. The maximum absolute atomic E-state index is 13.4. The quantitative estimate of drug-likeness (QED) is 0.222. The number of carbonyl (C=O) groups excluding carboxylic acids is 2. The average Bonchev–Trinajstić information content (AvgIpc) is 2.85. The zero-order chi connectivity index (χ0) is 27.0. The molecule has 0 bridgehead atoms. The largest absolute Gasteiger partial charge is 0.507 e. The number of hydrogen-bond donors (Lipinski definition) is 3. The lowest BCUT2D eigenvalue weighted by Gasteiger charge is -2.21. The van der Waals surface area contributed by atoms with E-state index < -0.39 is 28.8 Å². The van der Waals surface area contributed by atoms with Crippen LogP contribution in [0.3, 0.4) is 0 Å². The van der Waals surface area contributed by atoms with Gasteiger partial charge in [-0.25, -0.2) is 0 Å². The third-order valence-electron chi connectivity index (χ3n) is 5.91. The summed E-state index contributed by atoms with van der Waals surface area (Å²) in [6.07, 6.45) is 1.51. The van der Waals surface area contributed by atoms with Gasteiger partial charge < -0.3 is 15.6 Å².